The van der Waals surface area contributed by atoms with Crippen LogP contribution in [0.5, 0.6) is 0 Å². The lowest BCUT2D eigenvalue weighted by atomic mass is 10.1. The van der Waals surface area contributed by atoms with Crippen molar-refractivity contribution in [1.29, 1.82) is 0 Å². The van der Waals surface area contributed by atoms with E-state index in [1.54, 1.807) is 23.1 Å². The molecular weight excluding hydrogens is 407 g/mol. The van der Waals surface area contributed by atoms with E-state index >= 15 is 0 Å². The van der Waals surface area contributed by atoms with Crippen molar-refractivity contribution >= 4 is 35.0 Å². The van der Waals surface area contributed by atoms with E-state index in [0.29, 0.717) is 29.4 Å². The second-order valence-electron chi connectivity index (χ2n) is 7.34. The van der Waals surface area contributed by atoms with Crippen molar-refractivity contribution in [2.75, 3.05) is 6.54 Å². The second-order valence-corrected chi connectivity index (χ2v) is 8.15. The van der Waals surface area contributed by atoms with Crippen LogP contribution in [0.25, 0.3) is 0 Å². The molecule has 0 aliphatic rings. The fourth-order valence-electron chi connectivity index (χ4n) is 3.20. The van der Waals surface area contributed by atoms with E-state index in [0.717, 1.165) is 11.1 Å². The van der Waals surface area contributed by atoms with Gasteiger partial charge in [0.1, 0.15) is 6.04 Å². The molecule has 0 aromatic heterocycles. The zero-order valence-corrected chi connectivity index (χ0v) is 18.6. The largest absolute Gasteiger partial charge is 0.352 e. The molecule has 1 atom stereocenters. The van der Waals surface area contributed by atoms with Crippen LogP contribution < -0.4 is 5.32 Å². The maximum absolute atomic E-state index is 13.2. The molecule has 0 heterocycles. The molecule has 2 amide bonds. The van der Waals surface area contributed by atoms with Gasteiger partial charge in [-0.15, -0.1) is 0 Å². The van der Waals surface area contributed by atoms with Crippen LogP contribution in [0.2, 0.25) is 10.0 Å². The molecule has 0 saturated heterocycles. The molecule has 1 N–H and O–H groups in total. The van der Waals surface area contributed by atoms with Gasteiger partial charge in [-0.1, -0.05) is 66.5 Å². The molecule has 0 aliphatic heterocycles. The standard InChI is InChI=1S/C23H28Cl2N2O2/c1-4-21(23(29)26-16(2)3)27(13-12-17-8-6-5-7-9-17)22(28)15-18-10-11-19(24)20(25)14-18/h5-11,14,16,21H,4,12-13,15H2,1-3H3,(H,26,29)/t21-/m0/s1. The van der Waals surface area contributed by atoms with Crippen molar-refractivity contribution in [3.8, 4) is 0 Å². The van der Waals surface area contributed by atoms with Gasteiger partial charge >= 0.3 is 0 Å². The van der Waals surface area contributed by atoms with Crippen LogP contribution in [0.1, 0.15) is 38.3 Å². The van der Waals surface area contributed by atoms with E-state index in [2.05, 4.69) is 5.32 Å². The Kier molecular flexibility index (Phi) is 8.99. The minimum absolute atomic E-state index is 0.0118. The highest BCUT2D eigenvalue weighted by atomic mass is 35.5. The Hall–Kier alpha value is -2.04. The predicted molar refractivity (Wildman–Crippen MR) is 119 cm³/mol. The van der Waals surface area contributed by atoms with Crippen LogP contribution >= 0.6 is 23.2 Å². The summed E-state index contributed by atoms with van der Waals surface area (Å²) in [6.07, 6.45) is 1.39. The summed E-state index contributed by atoms with van der Waals surface area (Å²) in [7, 11) is 0. The van der Waals surface area contributed by atoms with Gasteiger partial charge in [0, 0.05) is 12.6 Å². The van der Waals surface area contributed by atoms with Crippen LogP contribution in [0.4, 0.5) is 0 Å². The SMILES string of the molecule is CC[C@@H](C(=O)NC(C)C)N(CCc1ccccc1)C(=O)Cc1ccc(Cl)c(Cl)c1. The molecule has 0 radical (unpaired) electrons. The maximum Gasteiger partial charge on any atom is 0.242 e. The summed E-state index contributed by atoms with van der Waals surface area (Å²) < 4.78 is 0. The summed E-state index contributed by atoms with van der Waals surface area (Å²) in [6, 6.07) is 14.6. The number of nitrogens with one attached hydrogen (secondary N) is 1. The number of nitrogens with zero attached hydrogens (tertiary/aromatic N) is 1. The lowest BCUT2D eigenvalue weighted by Crippen LogP contribution is -2.51. The predicted octanol–water partition coefficient (Wildman–Crippen LogP) is 4.91. The van der Waals surface area contributed by atoms with Gasteiger partial charge in [-0.25, -0.2) is 0 Å². The first-order chi connectivity index (χ1) is 13.8. The second kappa shape index (κ2) is 11.2. The molecule has 2 aromatic rings. The van der Waals surface area contributed by atoms with Gasteiger partial charge in [-0.05, 0) is 49.9 Å². The summed E-state index contributed by atoms with van der Waals surface area (Å²) in [5.41, 5.74) is 1.90. The number of hydrogen-bond donors (Lipinski definition) is 1. The van der Waals surface area contributed by atoms with Crippen LogP contribution in [-0.2, 0) is 22.4 Å². The molecule has 0 aliphatic carbocycles. The summed E-state index contributed by atoms with van der Waals surface area (Å²) in [5.74, 6) is -0.233. The van der Waals surface area contributed by atoms with Crippen molar-refractivity contribution in [2.24, 2.45) is 0 Å². The van der Waals surface area contributed by atoms with Gasteiger partial charge in [-0.2, -0.15) is 0 Å². The first-order valence-electron chi connectivity index (χ1n) is 9.89. The van der Waals surface area contributed by atoms with Crippen molar-refractivity contribution in [3.63, 3.8) is 0 Å². The van der Waals surface area contributed by atoms with Crippen LogP contribution in [0, 0.1) is 0 Å². The minimum atomic E-state index is -0.517. The Morgan fingerprint density at radius 2 is 1.69 bits per heavy atom. The molecule has 156 valence electrons. The smallest absolute Gasteiger partial charge is 0.242 e. The number of carbonyl (C=O) groups is 2. The summed E-state index contributed by atoms with van der Waals surface area (Å²) in [5, 5.41) is 3.80. The number of amides is 2. The summed E-state index contributed by atoms with van der Waals surface area (Å²) in [6.45, 7) is 6.22. The molecule has 0 bridgehead atoms. The molecule has 6 heteroatoms. The maximum atomic E-state index is 13.2. The topological polar surface area (TPSA) is 49.4 Å². The van der Waals surface area contributed by atoms with Gasteiger partial charge in [-0.3, -0.25) is 9.59 Å². The molecular formula is C23H28Cl2N2O2. The van der Waals surface area contributed by atoms with Gasteiger partial charge in [0.05, 0.1) is 16.5 Å². The molecule has 29 heavy (non-hydrogen) atoms. The highest BCUT2D eigenvalue weighted by molar-refractivity contribution is 6.42. The Morgan fingerprint density at radius 1 is 1.00 bits per heavy atom. The highest BCUT2D eigenvalue weighted by Gasteiger charge is 2.28. The van der Waals surface area contributed by atoms with E-state index in [1.807, 2.05) is 51.1 Å². The van der Waals surface area contributed by atoms with Gasteiger partial charge < -0.3 is 10.2 Å². The highest BCUT2D eigenvalue weighted by Crippen LogP contribution is 2.23. The third-order valence-corrected chi connectivity index (χ3v) is 5.38. The van der Waals surface area contributed by atoms with Crippen molar-refractivity contribution in [1.82, 2.24) is 10.2 Å². The lowest BCUT2D eigenvalue weighted by Gasteiger charge is -2.31. The zero-order chi connectivity index (χ0) is 21.4. The quantitative estimate of drug-likeness (QED) is 0.609. The van der Waals surface area contributed by atoms with Crippen molar-refractivity contribution in [3.05, 3.63) is 69.7 Å². The Balaban J connectivity index is 2.22. The molecule has 2 aromatic carbocycles. The summed E-state index contributed by atoms with van der Waals surface area (Å²) >= 11 is 12.1. The first-order valence-corrected chi connectivity index (χ1v) is 10.6. The molecule has 0 unspecified atom stereocenters. The molecule has 4 nitrogen and oxygen atoms in total. The van der Waals surface area contributed by atoms with Gasteiger partial charge in [0.2, 0.25) is 11.8 Å². The van der Waals surface area contributed by atoms with E-state index in [1.165, 1.54) is 0 Å². The summed E-state index contributed by atoms with van der Waals surface area (Å²) in [4.78, 5) is 27.6. The van der Waals surface area contributed by atoms with Crippen molar-refractivity contribution < 1.29 is 9.59 Å². The average molecular weight is 435 g/mol. The van der Waals surface area contributed by atoms with Crippen molar-refractivity contribution in [2.45, 2.75) is 52.1 Å². The van der Waals surface area contributed by atoms with E-state index < -0.39 is 6.04 Å². The normalized spacial score (nSPS) is 11.9. The van der Waals surface area contributed by atoms with Crippen LogP contribution in [0.15, 0.2) is 48.5 Å². The number of carbonyl (C=O) groups excluding carboxylic acids is 2. The third kappa shape index (κ3) is 7.06. The lowest BCUT2D eigenvalue weighted by molar-refractivity contribution is -0.140. The van der Waals surface area contributed by atoms with Crippen LogP contribution in [-0.4, -0.2) is 35.3 Å². The Morgan fingerprint density at radius 3 is 2.28 bits per heavy atom. The Labute approximate surface area is 183 Å². The Bertz CT molecular complexity index is 825. The minimum Gasteiger partial charge on any atom is -0.352 e. The van der Waals surface area contributed by atoms with Gasteiger partial charge in [0.15, 0.2) is 0 Å². The van der Waals surface area contributed by atoms with E-state index in [-0.39, 0.29) is 24.3 Å². The van der Waals surface area contributed by atoms with E-state index in [9.17, 15) is 9.59 Å². The number of benzene rings is 2. The third-order valence-electron chi connectivity index (χ3n) is 4.64. The number of hydrogen-bond acceptors (Lipinski definition) is 2. The average Bonchev–Trinajstić information content (AvgIpc) is 2.68. The van der Waals surface area contributed by atoms with E-state index in [4.69, 9.17) is 23.2 Å². The van der Waals surface area contributed by atoms with Crippen LogP contribution in [0.3, 0.4) is 0 Å². The van der Waals surface area contributed by atoms with Gasteiger partial charge in [0.25, 0.3) is 0 Å². The first kappa shape index (κ1) is 23.2. The number of halogens is 2. The molecule has 0 spiro atoms. The molecule has 0 saturated carbocycles. The zero-order valence-electron chi connectivity index (χ0n) is 17.1. The number of rotatable bonds is 9. The fourth-order valence-corrected chi connectivity index (χ4v) is 3.52. The molecule has 2 rings (SSSR count). The fraction of sp³-hybridized carbons (Fsp3) is 0.391. The molecule has 0 fully saturated rings. The monoisotopic (exact) mass is 434 g/mol.